The fraction of sp³-hybridized carbons (Fsp3) is 0.100. The topological polar surface area (TPSA) is 45.2 Å². The second-order valence-corrected chi connectivity index (χ2v) is 3.52. The lowest BCUT2D eigenvalue weighted by molar-refractivity contribution is -0.121. The molecule has 0 radical (unpaired) electrons. The molecule has 1 amide bonds. The summed E-state index contributed by atoms with van der Waals surface area (Å²) in [5, 5.41) is 3.28. The van der Waals surface area contributed by atoms with Gasteiger partial charge in [-0.3, -0.25) is 14.7 Å². The van der Waals surface area contributed by atoms with E-state index >= 15 is 0 Å². The zero-order chi connectivity index (χ0) is 10.8. The van der Waals surface area contributed by atoms with Crippen molar-refractivity contribution in [3.8, 4) is 0 Å². The fourth-order valence-electron chi connectivity index (χ4n) is 1.25. The molecule has 2 rings (SSSR count). The van der Waals surface area contributed by atoms with Crippen LogP contribution in [-0.2, 0) is 4.79 Å². The number of likely N-dealkylation sites (N-methyl/N-ethyl adjacent to an activating group) is 1. The second kappa shape index (κ2) is 3.78. The van der Waals surface area contributed by atoms with E-state index in [-0.39, 0.29) is 5.91 Å². The molecule has 0 aromatic carbocycles. The quantitative estimate of drug-likeness (QED) is 0.560. The minimum atomic E-state index is -0.114. The molecule has 0 unspecified atom stereocenters. The predicted octanol–water partition coefficient (Wildman–Crippen LogP) is 0.769. The lowest BCUT2D eigenvalue weighted by Crippen LogP contribution is -2.25. The number of nitrogens with one attached hydrogen (secondary N) is 1. The van der Waals surface area contributed by atoms with Gasteiger partial charge < -0.3 is 5.32 Å². The van der Waals surface area contributed by atoms with Gasteiger partial charge in [0.05, 0.1) is 0 Å². The van der Waals surface area contributed by atoms with Gasteiger partial charge in [-0.2, -0.15) is 0 Å². The summed E-state index contributed by atoms with van der Waals surface area (Å²) in [6, 6.07) is 3.65. The number of aromatic nitrogens is 1. The molecule has 1 aromatic heterocycles. The van der Waals surface area contributed by atoms with Gasteiger partial charge in [0.15, 0.2) is 5.11 Å². The summed E-state index contributed by atoms with van der Waals surface area (Å²) in [5.41, 5.74) is 1.41. The highest BCUT2D eigenvalue weighted by Crippen LogP contribution is 2.11. The predicted molar refractivity (Wildman–Crippen MR) is 60.7 cm³/mol. The smallest absolute Gasteiger partial charge is 0.276 e. The van der Waals surface area contributed by atoms with Crippen molar-refractivity contribution in [2.24, 2.45) is 0 Å². The molecule has 1 fully saturated rings. The third-order valence-corrected chi connectivity index (χ3v) is 2.47. The highest BCUT2D eigenvalue weighted by molar-refractivity contribution is 7.80. The molecule has 1 aromatic rings. The van der Waals surface area contributed by atoms with Gasteiger partial charge in [0.25, 0.3) is 5.91 Å². The van der Waals surface area contributed by atoms with E-state index in [9.17, 15) is 4.79 Å². The Balaban J connectivity index is 2.30. The summed E-state index contributed by atoms with van der Waals surface area (Å²) in [4.78, 5) is 16.9. The molecule has 0 saturated carbocycles. The van der Waals surface area contributed by atoms with Crippen LogP contribution in [0.15, 0.2) is 30.2 Å². The van der Waals surface area contributed by atoms with Gasteiger partial charge in [0.2, 0.25) is 0 Å². The van der Waals surface area contributed by atoms with Crippen LogP contribution in [0.2, 0.25) is 0 Å². The second-order valence-electron chi connectivity index (χ2n) is 3.13. The molecule has 76 valence electrons. The van der Waals surface area contributed by atoms with E-state index in [2.05, 4.69) is 10.3 Å². The third-order valence-electron chi connectivity index (χ3n) is 2.10. The number of thiocarbonyl (C=S) groups is 1. The van der Waals surface area contributed by atoms with Gasteiger partial charge in [-0.05, 0) is 36.0 Å². The average molecular weight is 219 g/mol. The Morgan fingerprint density at radius 1 is 1.47 bits per heavy atom. The van der Waals surface area contributed by atoms with Gasteiger partial charge in [-0.15, -0.1) is 0 Å². The zero-order valence-corrected chi connectivity index (χ0v) is 8.91. The molecule has 1 aliphatic heterocycles. The number of hydrogen-bond acceptors (Lipinski definition) is 3. The summed E-state index contributed by atoms with van der Waals surface area (Å²) in [6.07, 6.45) is 5.10. The van der Waals surface area contributed by atoms with Crippen LogP contribution >= 0.6 is 12.2 Å². The SMILES string of the molecule is CN1C(=O)/C(=C\c2ccncc2)NC1=S. The summed E-state index contributed by atoms with van der Waals surface area (Å²) in [5.74, 6) is -0.114. The maximum atomic E-state index is 11.6. The van der Waals surface area contributed by atoms with Crippen LogP contribution in [0, 0.1) is 0 Å². The van der Waals surface area contributed by atoms with Gasteiger partial charge >= 0.3 is 0 Å². The normalized spacial score (nSPS) is 18.5. The molecule has 2 heterocycles. The van der Waals surface area contributed by atoms with Gasteiger partial charge in [0.1, 0.15) is 5.70 Å². The maximum Gasteiger partial charge on any atom is 0.276 e. The summed E-state index contributed by atoms with van der Waals surface area (Å²) < 4.78 is 0. The summed E-state index contributed by atoms with van der Waals surface area (Å²) in [7, 11) is 1.64. The van der Waals surface area contributed by atoms with E-state index < -0.39 is 0 Å². The van der Waals surface area contributed by atoms with Gasteiger partial charge in [-0.1, -0.05) is 0 Å². The van der Waals surface area contributed by atoms with Crippen LogP contribution in [-0.4, -0.2) is 28.0 Å². The first-order chi connectivity index (χ1) is 7.18. The largest absolute Gasteiger partial charge is 0.328 e. The van der Waals surface area contributed by atoms with E-state index in [1.54, 1.807) is 25.5 Å². The number of nitrogens with zero attached hydrogens (tertiary/aromatic N) is 2. The van der Waals surface area contributed by atoms with E-state index in [1.165, 1.54) is 4.90 Å². The van der Waals surface area contributed by atoms with Crippen molar-refractivity contribution in [3.63, 3.8) is 0 Å². The lowest BCUT2D eigenvalue weighted by Gasteiger charge is -2.02. The molecule has 15 heavy (non-hydrogen) atoms. The van der Waals surface area contributed by atoms with Crippen molar-refractivity contribution in [2.75, 3.05) is 7.05 Å². The molecular weight excluding hydrogens is 210 g/mol. The Morgan fingerprint density at radius 3 is 2.67 bits per heavy atom. The number of pyridine rings is 1. The monoisotopic (exact) mass is 219 g/mol. The number of carbonyl (C=O) groups excluding carboxylic acids is 1. The minimum absolute atomic E-state index is 0.114. The van der Waals surface area contributed by atoms with Crippen LogP contribution in [0.3, 0.4) is 0 Å². The van der Waals surface area contributed by atoms with Crippen LogP contribution in [0.25, 0.3) is 6.08 Å². The highest BCUT2D eigenvalue weighted by Gasteiger charge is 2.26. The highest BCUT2D eigenvalue weighted by atomic mass is 32.1. The Bertz CT molecular complexity index is 441. The number of amides is 1. The summed E-state index contributed by atoms with van der Waals surface area (Å²) in [6.45, 7) is 0. The van der Waals surface area contributed by atoms with Crippen molar-refractivity contribution in [3.05, 3.63) is 35.8 Å². The van der Waals surface area contributed by atoms with Crippen LogP contribution in [0.1, 0.15) is 5.56 Å². The van der Waals surface area contributed by atoms with Crippen molar-refractivity contribution < 1.29 is 4.79 Å². The average Bonchev–Trinajstić information content (AvgIpc) is 2.48. The number of rotatable bonds is 1. The van der Waals surface area contributed by atoms with Crippen LogP contribution < -0.4 is 5.32 Å². The molecule has 0 bridgehead atoms. The zero-order valence-electron chi connectivity index (χ0n) is 8.10. The lowest BCUT2D eigenvalue weighted by atomic mass is 10.2. The Labute approximate surface area is 92.6 Å². The van der Waals surface area contributed by atoms with Crippen molar-refractivity contribution in [1.82, 2.24) is 15.2 Å². The van der Waals surface area contributed by atoms with Crippen LogP contribution in [0.4, 0.5) is 0 Å². The van der Waals surface area contributed by atoms with Crippen molar-refractivity contribution in [2.45, 2.75) is 0 Å². The van der Waals surface area contributed by atoms with Crippen molar-refractivity contribution in [1.29, 1.82) is 0 Å². The fourth-order valence-corrected chi connectivity index (χ4v) is 1.44. The summed E-state index contributed by atoms with van der Waals surface area (Å²) >= 11 is 4.95. The molecular formula is C10H9N3OS. The number of hydrogen-bond donors (Lipinski definition) is 1. The minimum Gasteiger partial charge on any atom is -0.328 e. The van der Waals surface area contributed by atoms with E-state index in [0.717, 1.165) is 5.56 Å². The molecule has 1 aliphatic rings. The Kier molecular flexibility index (Phi) is 2.47. The third kappa shape index (κ3) is 1.87. The molecule has 4 nitrogen and oxygen atoms in total. The maximum absolute atomic E-state index is 11.6. The van der Waals surface area contributed by atoms with Crippen molar-refractivity contribution >= 4 is 29.3 Å². The molecule has 1 N–H and O–H groups in total. The molecule has 1 saturated heterocycles. The molecule has 5 heteroatoms. The van der Waals surface area contributed by atoms with Crippen LogP contribution in [0.5, 0.6) is 0 Å². The first-order valence-electron chi connectivity index (χ1n) is 4.39. The molecule has 0 aliphatic carbocycles. The Hall–Kier alpha value is -1.75. The Morgan fingerprint density at radius 2 is 2.13 bits per heavy atom. The number of carbonyl (C=O) groups is 1. The first-order valence-corrected chi connectivity index (χ1v) is 4.80. The van der Waals surface area contributed by atoms with Gasteiger partial charge in [0, 0.05) is 19.4 Å². The van der Waals surface area contributed by atoms with E-state index in [0.29, 0.717) is 10.8 Å². The van der Waals surface area contributed by atoms with Gasteiger partial charge in [-0.25, -0.2) is 0 Å². The molecule has 0 atom stereocenters. The standard InChI is InChI=1S/C10H9N3OS/c1-13-9(14)8(12-10(13)15)6-7-2-4-11-5-3-7/h2-6H,1H3,(H,12,15)/b8-6+. The van der Waals surface area contributed by atoms with E-state index in [4.69, 9.17) is 12.2 Å². The molecule has 0 spiro atoms. The van der Waals surface area contributed by atoms with E-state index in [1.807, 2.05) is 12.1 Å². The first kappa shape index (κ1) is 9.79.